The first-order valence-corrected chi connectivity index (χ1v) is 10.9. The van der Waals surface area contributed by atoms with Crippen LogP contribution < -0.4 is 4.74 Å². The van der Waals surface area contributed by atoms with Gasteiger partial charge in [0.2, 0.25) is 5.91 Å². The van der Waals surface area contributed by atoms with Crippen molar-refractivity contribution in [3.8, 4) is 5.75 Å². The zero-order valence-electron chi connectivity index (χ0n) is 17.1. The molecule has 6 nitrogen and oxygen atoms in total. The summed E-state index contributed by atoms with van der Waals surface area (Å²) in [6, 6.07) is 5.08. The van der Waals surface area contributed by atoms with E-state index in [0.29, 0.717) is 54.8 Å². The van der Waals surface area contributed by atoms with Gasteiger partial charge in [-0.05, 0) is 45.7 Å². The molecule has 2 aliphatic rings. The quantitative estimate of drug-likeness (QED) is 0.713. The summed E-state index contributed by atoms with van der Waals surface area (Å²) < 4.78 is 11.5. The van der Waals surface area contributed by atoms with Crippen molar-refractivity contribution in [1.82, 2.24) is 9.80 Å². The van der Waals surface area contributed by atoms with Crippen molar-refractivity contribution in [1.29, 1.82) is 0 Å². The van der Waals surface area contributed by atoms with E-state index in [1.165, 1.54) is 0 Å². The zero-order valence-corrected chi connectivity index (χ0v) is 18.6. The first kappa shape index (κ1) is 22.2. The average molecular weight is 443 g/mol. The number of halogens is 2. The van der Waals surface area contributed by atoms with E-state index in [-0.39, 0.29) is 29.9 Å². The largest absolute Gasteiger partial charge is 0.479 e. The SMILES string of the molecule is CC1CN(C(=O)C2CCN(C(=O)C(C)Oc3cccc(Cl)c3Cl)CC2)CC(C)O1. The van der Waals surface area contributed by atoms with Gasteiger partial charge in [-0.1, -0.05) is 29.3 Å². The molecule has 1 aromatic rings. The molecule has 0 radical (unpaired) electrons. The molecule has 3 unspecified atom stereocenters. The van der Waals surface area contributed by atoms with Gasteiger partial charge in [-0.25, -0.2) is 0 Å². The van der Waals surface area contributed by atoms with Crippen LogP contribution in [0.15, 0.2) is 18.2 Å². The minimum atomic E-state index is -0.681. The van der Waals surface area contributed by atoms with Gasteiger partial charge in [0.15, 0.2) is 6.10 Å². The van der Waals surface area contributed by atoms with E-state index < -0.39 is 6.10 Å². The smallest absolute Gasteiger partial charge is 0.263 e. The first-order valence-electron chi connectivity index (χ1n) is 10.1. The van der Waals surface area contributed by atoms with Crippen LogP contribution >= 0.6 is 23.2 Å². The van der Waals surface area contributed by atoms with Crippen molar-refractivity contribution in [2.75, 3.05) is 26.2 Å². The van der Waals surface area contributed by atoms with E-state index in [1.807, 2.05) is 18.7 Å². The Labute approximate surface area is 182 Å². The summed E-state index contributed by atoms with van der Waals surface area (Å²) >= 11 is 12.1. The summed E-state index contributed by atoms with van der Waals surface area (Å²) in [7, 11) is 0. The van der Waals surface area contributed by atoms with Crippen molar-refractivity contribution >= 4 is 35.0 Å². The molecule has 0 saturated carbocycles. The fraction of sp³-hybridized carbons (Fsp3) is 0.619. The molecule has 29 heavy (non-hydrogen) atoms. The molecule has 2 aliphatic heterocycles. The number of piperidine rings is 1. The maximum Gasteiger partial charge on any atom is 0.263 e. The third-order valence-electron chi connectivity index (χ3n) is 5.45. The van der Waals surface area contributed by atoms with Crippen molar-refractivity contribution in [2.45, 2.75) is 51.9 Å². The molecular weight excluding hydrogens is 415 g/mol. The molecule has 8 heteroatoms. The van der Waals surface area contributed by atoms with Crippen LogP contribution in [0.25, 0.3) is 0 Å². The molecule has 2 saturated heterocycles. The van der Waals surface area contributed by atoms with E-state index in [1.54, 1.807) is 30.0 Å². The highest BCUT2D eigenvalue weighted by atomic mass is 35.5. The van der Waals surface area contributed by atoms with Gasteiger partial charge >= 0.3 is 0 Å². The number of amides is 2. The molecule has 2 fully saturated rings. The van der Waals surface area contributed by atoms with E-state index >= 15 is 0 Å². The molecule has 0 bridgehead atoms. The third kappa shape index (κ3) is 5.36. The highest BCUT2D eigenvalue weighted by molar-refractivity contribution is 6.42. The van der Waals surface area contributed by atoms with Crippen molar-refractivity contribution < 1.29 is 19.1 Å². The minimum Gasteiger partial charge on any atom is -0.479 e. The van der Waals surface area contributed by atoms with Crippen LogP contribution in [0.2, 0.25) is 10.0 Å². The second-order valence-corrected chi connectivity index (χ2v) is 8.70. The average Bonchev–Trinajstić information content (AvgIpc) is 2.69. The summed E-state index contributed by atoms with van der Waals surface area (Å²) in [6.07, 6.45) is 0.755. The predicted molar refractivity (Wildman–Crippen MR) is 112 cm³/mol. The molecule has 2 heterocycles. The Morgan fingerprint density at radius 2 is 1.72 bits per heavy atom. The summed E-state index contributed by atoms with van der Waals surface area (Å²) in [4.78, 5) is 29.3. The van der Waals surface area contributed by atoms with E-state index in [4.69, 9.17) is 32.7 Å². The van der Waals surface area contributed by atoms with Crippen molar-refractivity contribution in [3.05, 3.63) is 28.2 Å². The van der Waals surface area contributed by atoms with Crippen molar-refractivity contribution in [2.24, 2.45) is 5.92 Å². The minimum absolute atomic E-state index is 0.0462. The van der Waals surface area contributed by atoms with Gasteiger partial charge in [0.05, 0.1) is 17.2 Å². The number of ether oxygens (including phenoxy) is 2. The summed E-state index contributed by atoms with van der Waals surface area (Å²) in [5.74, 6) is 0.408. The van der Waals surface area contributed by atoms with Gasteiger partial charge < -0.3 is 19.3 Å². The van der Waals surface area contributed by atoms with Gasteiger partial charge in [-0.2, -0.15) is 0 Å². The van der Waals surface area contributed by atoms with E-state index in [0.717, 1.165) is 0 Å². The molecule has 3 atom stereocenters. The Hall–Kier alpha value is -1.50. The van der Waals surface area contributed by atoms with E-state index in [2.05, 4.69) is 0 Å². The van der Waals surface area contributed by atoms with Crippen LogP contribution in [0.5, 0.6) is 5.75 Å². The van der Waals surface area contributed by atoms with E-state index in [9.17, 15) is 9.59 Å². The van der Waals surface area contributed by atoms with Crippen LogP contribution in [0.1, 0.15) is 33.6 Å². The van der Waals surface area contributed by atoms with Gasteiger partial charge in [-0.3, -0.25) is 9.59 Å². The first-order chi connectivity index (χ1) is 13.8. The molecule has 0 spiro atoms. The molecule has 2 amide bonds. The van der Waals surface area contributed by atoms with Gasteiger partial charge in [-0.15, -0.1) is 0 Å². The van der Waals surface area contributed by atoms with Crippen molar-refractivity contribution in [3.63, 3.8) is 0 Å². The summed E-state index contributed by atoms with van der Waals surface area (Å²) in [5, 5.41) is 0.682. The highest BCUT2D eigenvalue weighted by Crippen LogP contribution is 2.32. The Balaban J connectivity index is 1.52. The maximum absolute atomic E-state index is 12.9. The fourth-order valence-corrected chi connectivity index (χ4v) is 4.37. The molecule has 3 rings (SSSR count). The van der Waals surface area contributed by atoms with Crippen LogP contribution in [0.4, 0.5) is 0 Å². The van der Waals surface area contributed by atoms with Gasteiger partial charge in [0.25, 0.3) is 5.91 Å². The summed E-state index contributed by atoms with van der Waals surface area (Å²) in [5.41, 5.74) is 0. The third-order valence-corrected chi connectivity index (χ3v) is 6.26. The highest BCUT2D eigenvalue weighted by Gasteiger charge is 2.34. The number of carbonyl (C=O) groups excluding carboxylic acids is 2. The number of morpholine rings is 1. The predicted octanol–water partition coefficient (Wildman–Crippen LogP) is 3.64. The summed E-state index contributed by atoms with van der Waals surface area (Å²) in [6.45, 7) is 8.04. The Morgan fingerprint density at radius 1 is 1.10 bits per heavy atom. The number of rotatable bonds is 4. The maximum atomic E-state index is 12.9. The second kappa shape index (κ2) is 9.54. The van der Waals surface area contributed by atoms with Gasteiger partial charge in [0, 0.05) is 32.1 Å². The molecule has 0 N–H and O–H groups in total. The van der Waals surface area contributed by atoms with Gasteiger partial charge in [0.1, 0.15) is 10.8 Å². The Kier molecular flexibility index (Phi) is 7.30. The lowest BCUT2D eigenvalue weighted by Crippen LogP contribution is -2.52. The zero-order chi connectivity index (χ0) is 21.1. The molecule has 0 aromatic heterocycles. The Bertz CT molecular complexity index is 742. The molecule has 0 aliphatic carbocycles. The number of carbonyl (C=O) groups is 2. The number of likely N-dealkylation sites (tertiary alicyclic amines) is 1. The number of nitrogens with zero attached hydrogens (tertiary/aromatic N) is 2. The molecule has 1 aromatic carbocycles. The fourth-order valence-electron chi connectivity index (χ4n) is 4.04. The normalized spacial score (nSPS) is 24.3. The van der Waals surface area contributed by atoms with Crippen LogP contribution in [0, 0.1) is 5.92 Å². The number of hydrogen-bond acceptors (Lipinski definition) is 4. The standard InChI is InChI=1S/C21H28Cl2N2O4/c1-13-11-25(12-14(2)28-13)21(27)16-7-9-24(10-8-16)20(26)15(3)29-18-6-4-5-17(22)19(18)23/h4-6,13-16H,7-12H2,1-3H3. The Morgan fingerprint density at radius 3 is 2.34 bits per heavy atom. The second-order valence-electron chi connectivity index (χ2n) is 7.91. The lowest BCUT2D eigenvalue weighted by molar-refractivity contribution is -0.151. The monoisotopic (exact) mass is 442 g/mol. The van der Waals surface area contributed by atoms with Crippen LogP contribution in [-0.4, -0.2) is 66.1 Å². The molecule has 160 valence electrons. The molecular formula is C21H28Cl2N2O4. The number of hydrogen-bond donors (Lipinski definition) is 0. The topological polar surface area (TPSA) is 59.1 Å². The lowest BCUT2D eigenvalue weighted by Gasteiger charge is -2.39. The lowest BCUT2D eigenvalue weighted by atomic mass is 9.94. The van der Waals surface area contributed by atoms with Crippen LogP contribution in [0.3, 0.4) is 0 Å². The van der Waals surface area contributed by atoms with Crippen LogP contribution in [-0.2, 0) is 14.3 Å². The number of benzene rings is 1.